The minimum absolute atomic E-state index is 1.02. The Morgan fingerprint density at radius 3 is 2.50 bits per heavy atom. The van der Waals surface area contributed by atoms with Crippen LogP contribution in [-0.2, 0) is 7.05 Å². The molecule has 3 heterocycles. The molecule has 0 radical (unpaired) electrons. The Hall–Kier alpha value is -1.58. The molecule has 0 aliphatic carbocycles. The molecule has 1 aliphatic rings. The highest BCUT2D eigenvalue weighted by Crippen LogP contribution is 2.31. The van der Waals surface area contributed by atoms with E-state index in [1.807, 2.05) is 6.92 Å². The van der Waals surface area contributed by atoms with E-state index in [0.29, 0.717) is 0 Å². The third-order valence-corrected chi connectivity index (χ3v) is 4.05. The summed E-state index contributed by atoms with van der Waals surface area (Å²) in [6, 6.07) is 0. The maximum Gasteiger partial charge on any atom is 0.161 e. The van der Waals surface area contributed by atoms with Crippen molar-refractivity contribution in [2.24, 2.45) is 7.05 Å². The van der Waals surface area contributed by atoms with Gasteiger partial charge in [0, 0.05) is 42.8 Å². The first kappa shape index (κ1) is 11.5. The Kier molecular flexibility index (Phi) is 2.73. The highest BCUT2D eigenvalue weighted by molar-refractivity contribution is 5.96. The molecule has 0 unspecified atom stereocenters. The van der Waals surface area contributed by atoms with E-state index in [-0.39, 0.29) is 0 Å². The van der Waals surface area contributed by atoms with Gasteiger partial charge in [0.05, 0.1) is 5.69 Å². The van der Waals surface area contributed by atoms with Crippen molar-refractivity contribution in [3.8, 4) is 0 Å². The molecule has 4 nitrogen and oxygen atoms in total. The molecule has 2 aromatic rings. The number of rotatable bonds is 1. The van der Waals surface area contributed by atoms with Gasteiger partial charge in [-0.2, -0.15) is 5.10 Å². The number of nitrogens with zero attached hydrogens (tertiary/aromatic N) is 4. The van der Waals surface area contributed by atoms with Crippen molar-refractivity contribution < 1.29 is 0 Å². The van der Waals surface area contributed by atoms with Crippen molar-refractivity contribution in [3.05, 3.63) is 17.6 Å². The first-order valence-electron chi connectivity index (χ1n) is 6.72. The fourth-order valence-electron chi connectivity index (χ4n) is 2.84. The Balaban J connectivity index is 2.19. The molecule has 2 aromatic heterocycles. The molecule has 0 spiro atoms. The molecule has 4 heteroatoms. The van der Waals surface area contributed by atoms with Crippen LogP contribution in [0.1, 0.15) is 30.7 Å². The van der Waals surface area contributed by atoms with Crippen LogP contribution in [0, 0.1) is 13.8 Å². The minimum atomic E-state index is 1.02. The summed E-state index contributed by atoms with van der Waals surface area (Å²) in [6.45, 7) is 6.42. The lowest BCUT2D eigenvalue weighted by Crippen LogP contribution is -2.30. The van der Waals surface area contributed by atoms with Gasteiger partial charge in [0.25, 0.3) is 0 Å². The maximum atomic E-state index is 4.47. The van der Waals surface area contributed by atoms with Gasteiger partial charge in [0.2, 0.25) is 0 Å². The summed E-state index contributed by atoms with van der Waals surface area (Å²) in [5.74, 6) is 1.08. The molecule has 3 rings (SSSR count). The third-order valence-electron chi connectivity index (χ3n) is 4.05. The summed E-state index contributed by atoms with van der Waals surface area (Å²) in [4.78, 5) is 2.39. The quantitative estimate of drug-likeness (QED) is 0.773. The van der Waals surface area contributed by atoms with Gasteiger partial charge in [-0.25, -0.2) is 0 Å². The van der Waals surface area contributed by atoms with E-state index in [9.17, 15) is 0 Å². The molecule has 0 bridgehead atoms. The van der Waals surface area contributed by atoms with E-state index in [1.165, 1.54) is 35.7 Å². The van der Waals surface area contributed by atoms with Crippen LogP contribution in [0.5, 0.6) is 0 Å². The standard InChI is InChI=1S/C14H20N4/c1-10-12-9-17(3)11(2)13(12)14(16-15-10)18-7-5-4-6-8-18/h9H,4-8H2,1-3H3. The second-order valence-corrected chi connectivity index (χ2v) is 5.27. The molecule has 1 saturated heterocycles. The summed E-state index contributed by atoms with van der Waals surface area (Å²) < 4.78 is 2.18. The largest absolute Gasteiger partial charge is 0.355 e. The topological polar surface area (TPSA) is 34.0 Å². The highest BCUT2D eigenvalue weighted by atomic mass is 15.3. The van der Waals surface area contributed by atoms with Crippen LogP contribution in [0.2, 0.25) is 0 Å². The van der Waals surface area contributed by atoms with Crippen LogP contribution >= 0.6 is 0 Å². The van der Waals surface area contributed by atoms with E-state index >= 15 is 0 Å². The Morgan fingerprint density at radius 2 is 1.78 bits per heavy atom. The Bertz CT molecular complexity index is 579. The Morgan fingerprint density at radius 1 is 1.06 bits per heavy atom. The fourth-order valence-corrected chi connectivity index (χ4v) is 2.84. The molecule has 18 heavy (non-hydrogen) atoms. The molecule has 1 fully saturated rings. The number of fused-ring (bicyclic) bond motifs is 1. The first-order valence-corrected chi connectivity index (χ1v) is 6.72. The summed E-state index contributed by atoms with van der Waals surface area (Å²) in [7, 11) is 2.09. The zero-order valence-corrected chi connectivity index (χ0v) is 11.4. The van der Waals surface area contributed by atoms with Crippen LogP contribution in [0.3, 0.4) is 0 Å². The average Bonchev–Trinajstić information content (AvgIpc) is 2.69. The van der Waals surface area contributed by atoms with Crippen LogP contribution in [0.15, 0.2) is 6.20 Å². The Labute approximate surface area is 108 Å². The summed E-state index contributed by atoms with van der Waals surface area (Å²) in [6.07, 6.45) is 6.04. The van der Waals surface area contributed by atoms with E-state index in [0.717, 1.165) is 24.6 Å². The SMILES string of the molecule is Cc1nnc(N2CCCCC2)c2c(C)n(C)cc12. The van der Waals surface area contributed by atoms with Crippen LogP contribution < -0.4 is 4.90 Å². The van der Waals surface area contributed by atoms with E-state index in [2.05, 4.69) is 39.8 Å². The molecular formula is C14H20N4. The van der Waals surface area contributed by atoms with Crippen molar-refractivity contribution in [2.45, 2.75) is 33.1 Å². The van der Waals surface area contributed by atoms with Crippen LogP contribution in [-0.4, -0.2) is 27.9 Å². The van der Waals surface area contributed by atoms with Crippen molar-refractivity contribution >= 4 is 16.6 Å². The van der Waals surface area contributed by atoms with Crippen molar-refractivity contribution in [2.75, 3.05) is 18.0 Å². The number of aromatic nitrogens is 3. The number of piperidine rings is 1. The smallest absolute Gasteiger partial charge is 0.161 e. The van der Waals surface area contributed by atoms with Gasteiger partial charge < -0.3 is 9.47 Å². The van der Waals surface area contributed by atoms with E-state index in [1.54, 1.807) is 0 Å². The molecule has 0 amide bonds. The minimum Gasteiger partial charge on any atom is -0.355 e. The van der Waals surface area contributed by atoms with Crippen molar-refractivity contribution in [1.29, 1.82) is 0 Å². The lowest BCUT2D eigenvalue weighted by Gasteiger charge is -2.28. The average molecular weight is 244 g/mol. The number of hydrogen-bond acceptors (Lipinski definition) is 3. The van der Waals surface area contributed by atoms with Crippen LogP contribution in [0.4, 0.5) is 5.82 Å². The second kappa shape index (κ2) is 4.26. The van der Waals surface area contributed by atoms with Gasteiger partial charge in [-0.05, 0) is 33.1 Å². The summed E-state index contributed by atoms with van der Waals surface area (Å²) in [5.41, 5.74) is 2.30. The molecule has 0 saturated carbocycles. The van der Waals surface area contributed by atoms with E-state index < -0.39 is 0 Å². The second-order valence-electron chi connectivity index (χ2n) is 5.27. The lowest BCUT2D eigenvalue weighted by molar-refractivity contribution is 0.572. The number of aryl methyl sites for hydroxylation is 3. The normalized spacial score (nSPS) is 16.5. The predicted molar refractivity (Wildman–Crippen MR) is 74.0 cm³/mol. The zero-order valence-electron chi connectivity index (χ0n) is 11.4. The fraction of sp³-hybridized carbons (Fsp3) is 0.571. The highest BCUT2D eigenvalue weighted by Gasteiger charge is 2.19. The number of hydrogen-bond donors (Lipinski definition) is 0. The van der Waals surface area contributed by atoms with Gasteiger partial charge in [-0.15, -0.1) is 5.10 Å². The molecule has 0 N–H and O–H groups in total. The molecular weight excluding hydrogens is 224 g/mol. The first-order chi connectivity index (χ1) is 8.68. The third kappa shape index (κ3) is 1.67. The van der Waals surface area contributed by atoms with Crippen LogP contribution in [0.25, 0.3) is 10.8 Å². The summed E-state index contributed by atoms with van der Waals surface area (Å²) in [5, 5.41) is 11.3. The molecule has 1 aliphatic heterocycles. The number of anilines is 1. The van der Waals surface area contributed by atoms with E-state index in [4.69, 9.17) is 0 Å². The monoisotopic (exact) mass is 244 g/mol. The molecule has 0 atom stereocenters. The van der Waals surface area contributed by atoms with Crippen molar-refractivity contribution in [3.63, 3.8) is 0 Å². The van der Waals surface area contributed by atoms with Gasteiger partial charge in [-0.3, -0.25) is 0 Å². The molecule has 96 valence electrons. The van der Waals surface area contributed by atoms with Gasteiger partial charge in [-0.1, -0.05) is 0 Å². The zero-order chi connectivity index (χ0) is 12.7. The predicted octanol–water partition coefficient (Wildman–Crippen LogP) is 2.58. The van der Waals surface area contributed by atoms with Gasteiger partial charge in [0.15, 0.2) is 5.82 Å². The lowest BCUT2D eigenvalue weighted by atomic mass is 10.1. The molecule has 0 aromatic carbocycles. The summed E-state index contributed by atoms with van der Waals surface area (Å²) >= 11 is 0. The maximum absolute atomic E-state index is 4.47. The van der Waals surface area contributed by atoms with Gasteiger partial charge in [0.1, 0.15) is 0 Å². The van der Waals surface area contributed by atoms with Gasteiger partial charge >= 0.3 is 0 Å². The van der Waals surface area contributed by atoms with Crippen molar-refractivity contribution in [1.82, 2.24) is 14.8 Å².